The molecule has 14 heavy (non-hydrogen) atoms. The number of nitrogens with two attached hydrogens (primary N) is 1. The summed E-state index contributed by atoms with van der Waals surface area (Å²) in [5.41, 5.74) is 5.44. The summed E-state index contributed by atoms with van der Waals surface area (Å²) in [6.45, 7) is 8.05. The lowest BCUT2D eigenvalue weighted by atomic mass is 10.2. The molecule has 0 rings (SSSR count). The molecule has 0 aromatic heterocycles. The summed E-state index contributed by atoms with van der Waals surface area (Å²) in [6.07, 6.45) is 5.85. The zero-order chi connectivity index (χ0) is 10.8. The van der Waals surface area contributed by atoms with Gasteiger partial charge in [-0.05, 0) is 45.3 Å². The third-order valence-corrected chi connectivity index (χ3v) is 2.63. The summed E-state index contributed by atoms with van der Waals surface area (Å²) in [6, 6.07) is 0. The first kappa shape index (κ1) is 13.8. The molecule has 0 bridgehead atoms. The monoisotopic (exact) mass is 216 g/mol. The lowest BCUT2D eigenvalue weighted by molar-refractivity contribution is 0.278. The van der Waals surface area contributed by atoms with Gasteiger partial charge in [0.1, 0.15) is 0 Å². The van der Waals surface area contributed by atoms with Crippen LogP contribution in [0, 0.1) is 0 Å². The fraction of sp³-hybridized carbons (Fsp3) is 0.909. The maximum atomic E-state index is 5.44. The fourth-order valence-electron chi connectivity index (χ4n) is 1.44. The van der Waals surface area contributed by atoms with Crippen LogP contribution in [0.3, 0.4) is 0 Å². The minimum Gasteiger partial charge on any atom is -0.393 e. The average molecular weight is 216 g/mol. The van der Waals surface area contributed by atoms with Gasteiger partial charge in [-0.25, -0.2) is 0 Å². The standard InChI is InChI=1S/C11H24N2S/c1-3-5-9-13(4-2)10-7-6-8-11(12)14/h3-10H2,1-2H3,(H2,12,14). The molecule has 0 unspecified atom stereocenters. The second kappa shape index (κ2) is 9.41. The zero-order valence-corrected chi connectivity index (χ0v) is 10.4. The highest BCUT2D eigenvalue weighted by Crippen LogP contribution is 2.01. The van der Waals surface area contributed by atoms with Crippen LogP contribution in [0.5, 0.6) is 0 Å². The van der Waals surface area contributed by atoms with E-state index in [1.165, 1.54) is 32.4 Å². The third kappa shape index (κ3) is 8.45. The number of thiocarbonyl (C=S) groups is 1. The molecule has 0 radical (unpaired) electrons. The van der Waals surface area contributed by atoms with Crippen molar-refractivity contribution in [2.45, 2.75) is 46.0 Å². The highest BCUT2D eigenvalue weighted by atomic mass is 32.1. The number of rotatable bonds is 9. The van der Waals surface area contributed by atoms with Gasteiger partial charge in [-0.2, -0.15) is 0 Å². The van der Waals surface area contributed by atoms with Crippen molar-refractivity contribution < 1.29 is 0 Å². The van der Waals surface area contributed by atoms with Crippen LogP contribution in [-0.4, -0.2) is 29.5 Å². The molecule has 0 aliphatic rings. The van der Waals surface area contributed by atoms with E-state index >= 15 is 0 Å². The number of hydrogen-bond acceptors (Lipinski definition) is 2. The SMILES string of the molecule is CCCCN(CC)CCCCC(N)=S. The van der Waals surface area contributed by atoms with Gasteiger partial charge in [-0.1, -0.05) is 32.5 Å². The quantitative estimate of drug-likeness (QED) is 0.474. The molecule has 3 heteroatoms. The van der Waals surface area contributed by atoms with Gasteiger partial charge in [0, 0.05) is 0 Å². The molecule has 0 aromatic rings. The Morgan fingerprint density at radius 1 is 1.14 bits per heavy atom. The van der Waals surface area contributed by atoms with Crippen LogP contribution in [0.25, 0.3) is 0 Å². The van der Waals surface area contributed by atoms with E-state index in [9.17, 15) is 0 Å². The summed E-state index contributed by atoms with van der Waals surface area (Å²) in [5, 5.41) is 0. The predicted octanol–water partition coefficient (Wildman–Crippen LogP) is 2.56. The molecule has 84 valence electrons. The van der Waals surface area contributed by atoms with Gasteiger partial charge >= 0.3 is 0 Å². The summed E-state index contributed by atoms with van der Waals surface area (Å²) < 4.78 is 0. The van der Waals surface area contributed by atoms with Crippen LogP contribution in [0.2, 0.25) is 0 Å². The Bertz CT molecular complexity index is 148. The van der Waals surface area contributed by atoms with Gasteiger partial charge in [0.2, 0.25) is 0 Å². The van der Waals surface area contributed by atoms with Gasteiger partial charge in [-0.3, -0.25) is 0 Å². The lowest BCUT2D eigenvalue weighted by Crippen LogP contribution is -2.25. The molecular weight excluding hydrogens is 192 g/mol. The third-order valence-electron chi connectivity index (χ3n) is 2.42. The predicted molar refractivity (Wildman–Crippen MR) is 67.7 cm³/mol. The Morgan fingerprint density at radius 3 is 2.29 bits per heavy atom. The van der Waals surface area contributed by atoms with E-state index in [1.807, 2.05) is 0 Å². The first-order chi connectivity index (χ1) is 6.70. The summed E-state index contributed by atoms with van der Waals surface area (Å²) in [4.78, 5) is 3.16. The van der Waals surface area contributed by atoms with Crippen molar-refractivity contribution in [2.24, 2.45) is 5.73 Å². The van der Waals surface area contributed by atoms with Crippen LogP contribution in [0.1, 0.15) is 46.0 Å². The van der Waals surface area contributed by atoms with Crippen LogP contribution < -0.4 is 5.73 Å². The Kier molecular flexibility index (Phi) is 9.31. The topological polar surface area (TPSA) is 29.3 Å². The number of nitrogens with zero attached hydrogens (tertiary/aromatic N) is 1. The zero-order valence-electron chi connectivity index (χ0n) is 9.59. The Morgan fingerprint density at radius 2 is 1.79 bits per heavy atom. The molecule has 0 aliphatic heterocycles. The van der Waals surface area contributed by atoms with Crippen LogP contribution in [-0.2, 0) is 0 Å². The van der Waals surface area contributed by atoms with E-state index < -0.39 is 0 Å². The van der Waals surface area contributed by atoms with Crippen molar-refractivity contribution >= 4 is 17.2 Å². The molecule has 0 saturated carbocycles. The first-order valence-corrected chi connectivity index (χ1v) is 6.12. The van der Waals surface area contributed by atoms with Crippen molar-refractivity contribution in [1.82, 2.24) is 4.90 Å². The Balaban J connectivity index is 3.37. The lowest BCUT2D eigenvalue weighted by Gasteiger charge is -2.19. The molecule has 0 aromatic carbocycles. The van der Waals surface area contributed by atoms with Crippen molar-refractivity contribution in [3.63, 3.8) is 0 Å². The molecule has 0 saturated heterocycles. The Labute approximate surface area is 93.8 Å². The van der Waals surface area contributed by atoms with Gasteiger partial charge < -0.3 is 10.6 Å². The normalized spacial score (nSPS) is 10.8. The van der Waals surface area contributed by atoms with Gasteiger partial charge in [-0.15, -0.1) is 0 Å². The van der Waals surface area contributed by atoms with Gasteiger partial charge in [0.15, 0.2) is 0 Å². The Hall–Kier alpha value is -0.150. The van der Waals surface area contributed by atoms with Crippen molar-refractivity contribution in [2.75, 3.05) is 19.6 Å². The number of hydrogen-bond donors (Lipinski definition) is 1. The minimum absolute atomic E-state index is 0.654. The first-order valence-electron chi connectivity index (χ1n) is 5.71. The molecule has 0 spiro atoms. The van der Waals surface area contributed by atoms with E-state index in [2.05, 4.69) is 18.7 Å². The molecule has 0 atom stereocenters. The van der Waals surface area contributed by atoms with Crippen molar-refractivity contribution in [3.8, 4) is 0 Å². The van der Waals surface area contributed by atoms with Gasteiger partial charge in [0.25, 0.3) is 0 Å². The van der Waals surface area contributed by atoms with Crippen molar-refractivity contribution in [1.29, 1.82) is 0 Å². The summed E-state index contributed by atoms with van der Waals surface area (Å²) in [5.74, 6) is 0. The van der Waals surface area contributed by atoms with Crippen LogP contribution in [0.4, 0.5) is 0 Å². The fourth-order valence-corrected chi connectivity index (χ4v) is 1.59. The maximum absolute atomic E-state index is 5.44. The molecule has 2 nitrogen and oxygen atoms in total. The number of unbranched alkanes of at least 4 members (excludes halogenated alkanes) is 2. The maximum Gasteiger partial charge on any atom is 0.0727 e. The molecule has 2 N–H and O–H groups in total. The molecule has 0 amide bonds. The highest BCUT2D eigenvalue weighted by molar-refractivity contribution is 7.80. The second-order valence-corrected chi connectivity index (χ2v) is 4.24. The van der Waals surface area contributed by atoms with E-state index in [4.69, 9.17) is 18.0 Å². The minimum atomic E-state index is 0.654. The van der Waals surface area contributed by atoms with E-state index in [1.54, 1.807) is 0 Å². The van der Waals surface area contributed by atoms with E-state index in [-0.39, 0.29) is 0 Å². The average Bonchev–Trinajstić information content (AvgIpc) is 2.16. The van der Waals surface area contributed by atoms with Crippen LogP contribution >= 0.6 is 12.2 Å². The molecule has 0 heterocycles. The smallest absolute Gasteiger partial charge is 0.0727 e. The summed E-state index contributed by atoms with van der Waals surface area (Å²) >= 11 is 4.84. The molecule has 0 aliphatic carbocycles. The second-order valence-electron chi connectivity index (χ2n) is 3.71. The summed E-state index contributed by atoms with van der Waals surface area (Å²) in [7, 11) is 0. The van der Waals surface area contributed by atoms with Crippen LogP contribution in [0.15, 0.2) is 0 Å². The van der Waals surface area contributed by atoms with Crippen molar-refractivity contribution in [3.05, 3.63) is 0 Å². The molecular formula is C11H24N2S. The van der Waals surface area contributed by atoms with E-state index in [0.29, 0.717) is 4.99 Å². The highest BCUT2D eigenvalue weighted by Gasteiger charge is 2.00. The largest absolute Gasteiger partial charge is 0.393 e. The van der Waals surface area contributed by atoms with E-state index in [0.717, 1.165) is 19.4 Å². The van der Waals surface area contributed by atoms with Gasteiger partial charge in [0.05, 0.1) is 4.99 Å². The molecule has 0 fully saturated rings.